The maximum absolute atomic E-state index is 13.2. The number of aliphatic hydroxyl groups excluding tert-OH is 1. The highest BCUT2D eigenvalue weighted by atomic mass is 19.4. The van der Waals surface area contributed by atoms with Gasteiger partial charge in [-0.15, -0.1) is 0 Å². The zero-order valence-corrected chi connectivity index (χ0v) is 12.8. The fraction of sp³-hybridized carbons (Fsp3) is 0.750. The first-order valence-corrected chi connectivity index (χ1v) is 6.25. The molecular weight excluding hydrogens is 327 g/mol. The number of carbonyl (C=O) groups excluding carboxylic acids is 1. The van der Waals surface area contributed by atoms with Gasteiger partial charge in [0.15, 0.2) is 6.10 Å². The highest BCUT2D eigenvalue weighted by Crippen LogP contribution is 2.32. The molecule has 3 atom stereocenters. The molecule has 0 aliphatic rings. The summed E-state index contributed by atoms with van der Waals surface area (Å²) >= 11 is 0. The number of ether oxygens (including phenoxy) is 1. The van der Waals surface area contributed by atoms with Gasteiger partial charge in [-0.25, -0.2) is 9.59 Å². The lowest BCUT2D eigenvalue weighted by Crippen LogP contribution is -2.58. The van der Waals surface area contributed by atoms with Gasteiger partial charge in [0.05, 0.1) is 0 Å². The number of carboxylic acid groups (broad SMARTS) is 2. The van der Waals surface area contributed by atoms with E-state index in [9.17, 15) is 32.7 Å². The average Bonchev–Trinajstić information content (AvgIpc) is 2.29. The highest BCUT2D eigenvalue weighted by molar-refractivity contribution is 5.83. The van der Waals surface area contributed by atoms with Crippen molar-refractivity contribution in [1.82, 2.24) is 4.90 Å². The zero-order valence-electron chi connectivity index (χ0n) is 12.8. The second-order valence-corrected chi connectivity index (χ2v) is 5.72. The maximum Gasteiger partial charge on any atom is 0.410 e. The molecule has 0 aromatic carbocycles. The average molecular weight is 345 g/mol. The van der Waals surface area contributed by atoms with Crippen molar-refractivity contribution in [2.45, 2.75) is 44.7 Å². The number of carbonyl (C=O) groups is 3. The first-order chi connectivity index (χ1) is 10.1. The van der Waals surface area contributed by atoms with Crippen molar-refractivity contribution < 1.29 is 47.6 Å². The molecule has 8 nitrogen and oxygen atoms in total. The van der Waals surface area contributed by atoms with Crippen molar-refractivity contribution >= 4 is 18.0 Å². The van der Waals surface area contributed by atoms with Crippen molar-refractivity contribution in [3.8, 4) is 0 Å². The second kappa shape index (κ2) is 7.02. The summed E-state index contributed by atoms with van der Waals surface area (Å²) in [5.41, 5.74) is -1.16. The van der Waals surface area contributed by atoms with E-state index in [1.807, 2.05) is 0 Å². The summed E-state index contributed by atoms with van der Waals surface area (Å²) < 4.78 is 44.3. The van der Waals surface area contributed by atoms with Crippen LogP contribution < -0.4 is 0 Å². The van der Waals surface area contributed by atoms with Crippen LogP contribution in [0.2, 0.25) is 0 Å². The molecule has 0 aliphatic heterocycles. The molecule has 1 amide bonds. The quantitative estimate of drug-likeness (QED) is 0.677. The van der Waals surface area contributed by atoms with E-state index in [1.54, 1.807) is 0 Å². The molecule has 0 spiro atoms. The fourth-order valence-electron chi connectivity index (χ4n) is 1.71. The summed E-state index contributed by atoms with van der Waals surface area (Å²) in [6.07, 6.45) is -9.70. The number of nitrogens with zero attached hydrogens (tertiary/aromatic N) is 1. The fourth-order valence-corrected chi connectivity index (χ4v) is 1.71. The number of hydrogen-bond acceptors (Lipinski definition) is 5. The van der Waals surface area contributed by atoms with Gasteiger partial charge in [-0.2, -0.15) is 13.2 Å². The Hall–Kier alpha value is -2.04. The Kier molecular flexibility index (Phi) is 6.40. The van der Waals surface area contributed by atoms with Crippen LogP contribution in [0.5, 0.6) is 0 Å². The van der Waals surface area contributed by atoms with Gasteiger partial charge in [0.1, 0.15) is 17.6 Å². The van der Waals surface area contributed by atoms with Crippen molar-refractivity contribution in [3.05, 3.63) is 0 Å². The third-order valence-corrected chi connectivity index (χ3v) is 2.65. The molecular formula is C12H18F3NO7. The van der Waals surface area contributed by atoms with Crippen LogP contribution in [0.3, 0.4) is 0 Å². The summed E-state index contributed by atoms with van der Waals surface area (Å²) in [4.78, 5) is 33.4. The largest absolute Gasteiger partial charge is 0.481 e. The lowest BCUT2D eigenvalue weighted by Gasteiger charge is -2.35. The van der Waals surface area contributed by atoms with Crippen LogP contribution >= 0.6 is 0 Å². The molecule has 0 aliphatic carbocycles. The number of aliphatic hydroxyl groups is 1. The van der Waals surface area contributed by atoms with Crippen molar-refractivity contribution in [2.75, 3.05) is 7.05 Å². The predicted octanol–water partition coefficient (Wildman–Crippen LogP) is 0.931. The molecule has 0 saturated heterocycles. The molecule has 0 heterocycles. The van der Waals surface area contributed by atoms with Crippen molar-refractivity contribution in [1.29, 1.82) is 0 Å². The summed E-state index contributed by atoms with van der Waals surface area (Å²) in [5, 5.41) is 26.8. The lowest BCUT2D eigenvalue weighted by molar-refractivity contribution is -0.209. The molecule has 0 aromatic rings. The van der Waals surface area contributed by atoms with Crippen molar-refractivity contribution in [2.24, 2.45) is 5.92 Å². The SMILES string of the molecule is CN(C(=O)OC(C)(C)C)[C@H]([C@H](C(=O)O)[C@H](O)C(=O)O)C(F)(F)F. The minimum atomic E-state index is -5.31. The van der Waals surface area contributed by atoms with Gasteiger partial charge in [-0.1, -0.05) is 0 Å². The molecule has 0 radical (unpaired) electrons. The first kappa shape index (κ1) is 21.0. The van der Waals surface area contributed by atoms with Crippen LogP contribution in [0.1, 0.15) is 20.8 Å². The molecule has 0 unspecified atom stereocenters. The van der Waals surface area contributed by atoms with Crippen LogP contribution in [0.15, 0.2) is 0 Å². The van der Waals surface area contributed by atoms with Crippen molar-refractivity contribution in [3.63, 3.8) is 0 Å². The van der Waals surface area contributed by atoms with E-state index in [1.165, 1.54) is 20.8 Å². The Labute approximate surface area is 129 Å². The number of halogens is 3. The minimum Gasteiger partial charge on any atom is -0.481 e. The summed E-state index contributed by atoms with van der Waals surface area (Å²) in [6, 6.07) is -3.10. The Morgan fingerprint density at radius 3 is 1.74 bits per heavy atom. The summed E-state index contributed by atoms with van der Waals surface area (Å²) in [5.74, 6) is -7.22. The Balaban J connectivity index is 5.80. The predicted molar refractivity (Wildman–Crippen MR) is 68.6 cm³/mol. The standard InChI is InChI=1S/C12H18F3NO7/c1-11(2,3)23-10(22)16(4)7(12(13,14)15)5(8(18)19)6(17)9(20)21/h5-7,17H,1-4H3,(H,18,19)(H,20,21)/t5-,6+,7-/m1/s1. The van der Waals surface area contributed by atoms with Gasteiger partial charge in [-0.3, -0.25) is 9.69 Å². The van der Waals surface area contributed by atoms with Gasteiger partial charge in [-0.05, 0) is 20.8 Å². The van der Waals surface area contributed by atoms with Crippen LogP contribution in [0.25, 0.3) is 0 Å². The maximum atomic E-state index is 13.2. The molecule has 23 heavy (non-hydrogen) atoms. The van der Waals surface area contributed by atoms with Crippen LogP contribution in [0.4, 0.5) is 18.0 Å². The van der Waals surface area contributed by atoms with Gasteiger partial charge in [0.25, 0.3) is 0 Å². The number of amides is 1. The van der Waals surface area contributed by atoms with E-state index < -0.39 is 47.9 Å². The third kappa shape index (κ3) is 5.93. The molecule has 0 fully saturated rings. The third-order valence-electron chi connectivity index (χ3n) is 2.65. The van der Waals surface area contributed by atoms with E-state index in [4.69, 9.17) is 14.9 Å². The number of hydrogen-bond donors (Lipinski definition) is 3. The monoisotopic (exact) mass is 345 g/mol. The molecule has 0 saturated carbocycles. The number of carboxylic acids is 2. The Morgan fingerprint density at radius 2 is 1.48 bits per heavy atom. The van der Waals surface area contributed by atoms with Crippen LogP contribution in [0, 0.1) is 5.92 Å². The van der Waals surface area contributed by atoms with Gasteiger partial charge < -0.3 is 20.1 Å². The number of rotatable bonds is 5. The van der Waals surface area contributed by atoms with E-state index >= 15 is 0 Å². The van der Waals surface area contributed by atoms with Gasteiger partial charge >= 0.3 is 24.2 Å². The molecule has 11 heteroatoms. The van der Waals surface area contributed by atoms with E-state index in [2.05, 4.69) is 0 Å². The van der Waals surface area contributed by atoms with E-state index in [0.717, 1.165) is 0 Å². The normalized spacial score (nSPS) is 16.2. The van der Waals surface area contributed by atoms with Gasteiger partial charge in [0, 0.05) is 7.05 Å². The van der Waals surface area contributed by atoms with E-state index in [-0.39, 0.29) is 4.90 Å². The molecule has 0 aromatic heterocycles. The van der Waals surface area contributed by atoms with Gasteiger partial charge in [0.2, 0.25) is 0 Å². The minimum absolute atomic E-state index is 0.0871. The van der Waals surface area contributed by atoms with E-state index in [0.29, 0.717) is 7.05 Å². The molecule has 134 valence electrons. The smallest absolute Gasteiger partial charge is 0.410 e. The molecule has 0 bridgehead atoms. The number of alkyl halides is 3. The second-order valence-electron chi connectivity index (χ2n) is 5.72. The Morgan fingerprint density at radius 1 is 1.04 bits per heavy atom. The highest BCUT2D eigenvalue weighted by Gasteiger charge is 2.56. The summed E-state index contributed by atoms with van der Waals surface area (Å²) in [6.45, 7) is 4.13. The van der Waals surface area contributed by atoms with Crippen LogP contribution in [-0.4, -0.2) is 69.2 Å². The summed E-state index contributed by atoms with van der Waals surface area (Å²) in [7, 11) is 0.608. The lowest BCUT2D eigenvalue weighted by atomic mass is 9.92. The molecule has 0 rings (SSSR count). The van der Waals surface area contributed by atoms with Crippen LogP contribution in [-0.2, 0) is 14.3 Å². The first-order valence-electron chi connectivity index (χ1n) is 6.25. The molecule has 3 N–H and O–H groups in total. The topological polar surface area (TPSA) is 124 Å². The zero-order chi connectivity index (χ0) is 18.7. The number of aliphatic carboxylic acids is 2. The Bertz CT molecular complexity index is 472.